The molecule has 0 aliphatic rings. The highest BCUT2D eigenvalue weighted by Crippen LogP contribution is 2.18. The van der Waals surface area contributed by atoms with Gasteiger partial charge in [-0.15, -0.1) is 0 Å². The Morgan fingerprint density at radius 1 is 0.519 bits per heavy atom. The van der Waals surface area contributed by atoms with E-state index in [-0.39, 0.29) is 42.6 Å². The van der Waals surface area contributed by atoms with Crippen LogP contribution in [0.5, 0.6) is 0 Å². The van der Waals surface area contributed by atoms with Gasteiger partial charge in [0.15, 0.2) is 0 Å². The zero-order valence-electron chi connectivity index (χ0n) is 35.0. The van der Waals surface area contributed by atoms with Crippen LogP contribution in [-0.4, -0.2) is 83.0 Å². The molecule has 54 heavy (non-hydrogen) atoms. The van der Waals surface area contributed by atoms with E-state index in [1.165, 1.54) is 64.2 Å². The predicted molar refractivity (Wildman–Crippen MR) is 250 cm³/mol. The second-order valence-corrected chi connectivity index (χ2v) is 21.1. The summed E-state index contributed by atoms with van der Waals surface area (Å²) in [7, 11) is 10.6. The number of carbonyl (C=O) groups is 4. The molecule has 0 aliphatic carbocycles. The number of rotatable bonds is 34. The average molecular weight is 878 g/mol. The van der Waals surface area contributed by atoms with Crippen molar-refractivity contribution in [3.05, 3.63) is 12.3 Å². The van der Waals surface area contributed by atoms with Gasteiger partial charge in [0.1, 0.15) is 5.78 Å². The molecule has 0 heterocycles. The largest absolute Gasteiger partial charge is 0.513 e. The minimum Gasteiger partial charge on any atom is -0.513 e. The van der Waals surface area contributed by atoms with Crippen molar-refractivity contribution in [2.75, 3.05) is 44.1 Å². The molecule has 4 N–H and O–H groups in total. The summed E-state index contributed by atoms with van der Waals surface area (Å²) < 4.78 is 0. The van der Waals surface area contributed by atoms with Gasteiger partial charge in [0.2, 0.25) is 5.91 Å². The predicted octanol–water partition coefficient (Wildman–Crippen LogP) is 13.4. The zero-order chi connectivity index (χ0) is 41.7. The molecule has 0 saturated heterocycles. The van der Waals surface area contributed by atoms with Crippen LogP contribution in [0.25, 0.3) is 0 Å². The third-order valence-corrected chi connectivity index (χ3v) is 12.6. The number of carbonyl (C=O) groups excluding carboxylic acids is 2. The number of unbranched alkanes of at least 4 members (excludes halogenated alkanes) is 16. The Balaban J connectivity index is -0.000000899. The van der Waals surface area contributed by atoms with E-state index >= 15 is 0 Å². The number of Topliss-reactive ketones (excluding diaryl/α,β-unsaturated/α-hetero) is 1. The van der Waals surface area contributed by atoms with Crippen molar-refractivity contribution >= 4 is 88.4 Å². The third kappa shape index (κ3) is 56.1. The summed E-state index contributed by atoms with van der Waals surface area (Å²) in [5, 5.41) is 30.2. The molecule has 0 aliphatic heterocycles. The number of aliphatic hydroxyl groups excluding tert-OH is 1. The lowest BCUT2D eigenvalue weighted by atomic mass is 9.94. The van der Waals surface area contributed by atoms with E-state index in [4.69, 9.17) is 5.11 Å². The van der Waals surface area contributed by atoms with Crippen LogP contribution >= 0.6 is 64.8 Å². The van der Waals surface area contributed by atoms with Crippen LogP contribution in [0.2, 0.25) is 0 Å². The second kappa shape index (κ2) is 50.7. The maximum Gasteiger partial charge on any atom is 0.306 e. The molecule has 2 atom stereocenters. The van der Waals surface area contributed by atoms with Crippen molar-refractivity contribution in [2.45, 2.75) is 161 Å². The molecule has 0 saturated carbocycles. The summed E-state index contributed by atoms with van der Waals surface area (Å²) >= 11 is 0. The number of hydrogen-bond acceptors (Lipinski definition) is 11. The molecule has 0 spiro atoms. The molecule has 0 aromatic heterocycles. The van der Waals surface area contributed by atoms with Gasteiger partial charge in [-0.2, -0.15) is 0 Å². The van der Waals surface area contributed by atoms with Gasteiger partial charge in [-0.1, -0.05) is 175 Å². The molecule has 14 heteroatoms. The topological polar surface area (TPSA) is 141 Å². The normalized spacial score (nSPS) is 11.4. The molecule has 1 amide bonds. The number of nitrogens with one attached hydrogen (secondary N) is 1. The third-order valence-electron chi connectivity index (χ3n) is 8.59. The molecular formula is C40H79NO7S6. The van der Waals surface area contributed by atoms with Gasteiger partial charge >= 0.3 is 11.9 Å². The Morgan fingerprint density at radius 3 is 1.22 bits per heavy atom. The first-order valence-electron chi connectivity index (χ1n) is 19.7. The maximum absolute atomic E-state index is 12.3. The second-order valence-electron chi connectivity index (χ2n) is 13.1. The Hall–Kier alpha value is -0.280. The summed E-state index contributed by atoms with van der Waals surface area (Å²) in [6.45, 7) is 5.94. The summed E-state index contributed by atoms with van der Waals surface area (Å²) in [5.41, 5.74) is 0. The molecule has 0 bridgehead atoms. The van der Waals surface area contributed by atoms with E-state index in [9.17, 15) is 29.4 Å². The Kier molecular flexibility index (Phi) is 56.8. The van der Waals surface area contributed by atoms with Crippen LogP contribution in [0.1, 0.15) is 161 Å². The molecule has 8 nitrogen and oxygen atoms in total. The Labute approximate surface area is 355 Å². The van der Waals surface area contributed by atoms with Crippen molar-refractivity contribution in [2.24, 2.45) is 11.8 Å². The number of carboxylic acids is 2. The van der Waals surface area contributed by atoms with Gasteiger partial charge in [0.05, 0.1) is 11.7 Å². The molecule has 0 aromatic rings. The monoisotopic (exact) mass is 877 g/mol. The van der Waals surface area contributed by atoms with Gasteiger partial charge in [0.25, 0.3) is 0 Å². The molecule has 0 aromatic carbocycles. The van der Waals surface area contributed by atoms with Crippen LogP contribution < -0.4 is 5.32 Å². The summed E-state index contributed by atoms with van der Waals surface area (Å²) in [6, 6.07) is 0. The standard InChI is InChI=1S/C34H61NO7.3C2H6S2/c1-28(29(2)36)21-19-20-26-35-32(38)25-24-30(34(41)42)27-31(37)22-17-15-13-11-9-7-5-3-4-6-8-10-12-14-16-18-23-33(39)40;3*1-3-4-2/h28,30,36H,2-27H2,1H3,(H,35,38)(H,39,40)(H,41,42);3*1-2H3/t28-,30+;;;/m0.../s1. The summed E-state index contributed by atoms with van der Waals surface area (Å²) in [5.74, 6) is -2.52. The fourth-order valence-electron chi connectivity index (χ4n) is 5.13. The zero-order valence-corrected chi connectivity index (χ0v) is 39.9. The number of aliphatic carboxylic acids is 2. The van der Waals surface area contributed by atoms with E-state index in [1.807, 2.05) is 6.92 Å². The minimum absolute atomic E-state index is 0.00165. The number of carboxylic acid groups (broad SMARTS) is 2. The number of hydrogen-bond donors (Lipinski definition) is 4. The fourth-order valence-corrected chi connectivity index (χ4v) is 5.13. The Morgan fingerprint density at radius 2 is 0.889 bits per heavy atom. The molecular weight excluding hydrogens is 799 g/mol. The van der Waals surface area contributed by atoms with Crippen LogP contribution in [0, 0.1) is 11.8 Å². The first-order chi connectivity index (χ1) is 25.9. The van der Waals surface area contributed by atoms with Crippen LogP contribution in [0.4, 0.5) is 0 Å². The summed E-state index contributed by atoms with van der Waals surface area (Å²) in [4.78, 5) is 46.5. The molecule has 0 radical (unpaired) electrons. The molecule has 0 fully saturated rings. The molecule has 0 rings (SSSR count). The fraction of sp³-hybridized carbons (Fsp3) is 0.850. The lowest BCUT2D eigenvalue weighted by molar-refractivity contribution is -0.144. The first kappa shape index (κ1) is 60.4. The first-order valence-corrected chi connectivity index (χ1v) is 28.6. The number of aliphatic hydroxyl groups is 1. The van der Waals surface area contributed by atoms with Crippen LogP contribution in [0.15, 0.2) is 12.3 Å². The van der Waals surface area contributed by atoms with Gasteiger partial charge in [-0.3, -0.25) is 19.2 Å². The van der Waals surface area contributed by atoms with Gasteiger partial charge < -0.3 is 20.6 Å². The highest BCUT2D eigenvalue weighted by atomic mass is 33.1. The van der Waals surface area contributed by atoms with Crippen molar-refractivity contribution in [1.29, 1.82) is 0 Å². The SMILES string of the molecule is C=C(O)[C@@H](C)CCCCNC(=O)CC[C@H](CC(=O)CCCCCCCCCCCCCCCCCCC(=O)O)C(=O)O.CSSC.CSSC.CSSC. The van der Waals surface area contributed by atoms with Crippen LogP contribution in [-0.2, 0) is 19.2 Å². The maximum atomic E-state index is 12.3. The lowest BCUT2D eigenvalue weighted by Crippen LogP contribution is -2.26. The van der Waals surface area contributed by atoms with Crippen molar-refractivity contribution in [3.8, 4) is 0 Å². The number of ketones is 1. The average Bonchev–Trinajstić information content (AvgIpc) is 3.15. The van der Waals surface area contributed by atoms with Crippen molar-refractivity contribution in [3.63, 3.8) is 0 Å². The number of amides is 1. The smallest absolute Gasteiger partial charge is 0.306 e. The Bertz CT molecular complexity index is 855. The highest BCUT2D eigenvalue weighted by molar-refractivity contribution is 8.76. The number of allylic oxidation sites excluding steroid dienone is 1. The van der Waals surface area contributed by atoms with E-state index in [1.54, 1.807) is 64.8 Å². The van der Waals surface area contributed by atoms with Gasteiger partial charge in [-0.25, -0.2) is 0 Å². The van der Waals surface area contributed by atoms with E-state index < -0.39 is 17.9 Å². The van der Waals surface area contributed by atoms with Crippen molar-refractivity contribution < 1.29 is 34.5 Å². The summed E-state index contributed by atoms with van der Waals surface area (Å²) in [6.07, 6.45) is 34.3. The lowest BCUT2D eigenvalue weighted by Gasteiger charge is -2.12. The minimum atomic E-state index is -1.01. The van der Waals surface area contributed by atoms with Crippen molar-refractivity contribution in [1.82, 2.24) is 5.32 Å². The molecule has 322 valence electrons. The quantitative estimate of drug-likeness (QED) is 0.0277. The van der Waals surface area contributed by atoms with Gasteiger partial charge in [0, 0.05) is 38.1 Å². The van der Waals surface area contributed by atoms with Crippen LogP contribution in [0.3, 0.4) is 0 Å². The van der Waals surface area contributed by atoms with E-state index in [0.29, 0.717) is 19.4 Å². The van der Waals surface area contributed by atoms with Gasteiger partial charge in [-0.05, 0) is 69.6 Å². The molecule has 0 unspecified atom stereocenters. The van der Waals surface area contributed by atoms with E-state index in [2.05, 4.69) is 49.4 Å². The highest BCUT2D eigenvalue weighted by Gasteiger charge is 2.22. The van der Waals surface area contributed by atoms with E-state index in [0.717, 1.165) is 57.8 Å².